The topological polar surface area (TPSA) is 55.6 Å². The predicted octanol–water partition coefficient (Wildman–Crippen LogP) is 2.36. The van der Waals surface area contributed by atoms with Gasteiger partial charge in [0.2, 0.25) is 0 Å². The van der Waals surface area contributed by atoms with Gasteiger partial charge in [0.05, 0.1) is 5.56 Å². The number of halogens is 1. The van der Waals surface area contributed by atoms with Crippen molar-refractivity contribution in [3.05, 3.63) is 29.8 Å². The van der Waals surface area contributed by atoms with Gasteiger partial charge in [-0.2, -0.15) is 0 Å². The summed E-state index contributed by atoms with van der Waals surface area (Å²) in [4.78, 5) is 13.9. The van der Waals surface area contributed by atoms with Crippen molar-refractivity contribution in [1.82, 2.24) is 4.90 Å². The summed E-state index contributed by atoms with van der Waals surface area (Å²) in [5.41, 5.74) is 6.67. The maximum atomic E-state index is 11.5. The third-order valence-electron chi connectivity index (χ3n) is 3.99. The number of benzene rings is 1. The average molecular weight is 313 g/mol. The molecule has 0 amide bonds. The molecule has 2 rings (SSSR count). The first-order valence-corrected chi connectivity index (χ1v) is 7.28. The Bertz CT molecular complexity index is 467. The molecule has 1 fully saturated rings. The van der Waals surface area contributed by atoms with Crippen LogP contribution < -0.4 is 10.5 Å². The minimum atomic E-state index is 0. The second kappa shape index (κ2) is 8.37. The van der Waals surface area contributed by atoms with Gasteiger partial charge in [0.1, 0.15) is 12.4 Å². The molecule has 118 valence electrons. The van der Waals surface area contributed by atoms with Gasteiger partial charge in [0, 0.05) is 19.1 Å². The lowest BCUT2D eigenvalue weighted by molar-refractivity contribution is 0.101. The number of likely N-dealkylation sites (tertiary alicyclic amines) is 1. The van der Waals surface area contributed by atoms with E-state index in [9.17, 15) is 4.79 Å². The van der Waals surface area contributed by atoms with Gasteiger partial charge in [-0.05, 0) is 37.9 Å². The molecule has 0 saturated carbocycles. The molecule has 0 radical (unpaired) electrons. The predicted molar refractivity (Wildman–Crippen MR) is 87.4 cm³/mol. The first-order valence-electron chi connectivity index (χ1n) is 7.28. The van der Waals surface area contributed by atoms with Crippen LogP contribution in [0.4, 0.5) is 0 Å². The number of Topliss-reactive ketones (excluding diaryl/α,β-unsaturated/α-hetero) is 1. The largest absolute Gasteiger partial charge is 0.491 e. The third-order valence-corrected chi connectivity index (χ3v) is 3.99. The van der Waals surface area contributed by atoms with Crippen molar-refractivity contribution in [2.45, 2.75) is 26.3 Å². The van der Waals surface area contributed by atoms with Crippen LogP contribution in [0.15, 0.2) is 24.3 Å². The smallest absolute Gasteiger partial charge is 0.163 e. The number of piperidine rings is 1. The molecule has 1 aromatic rings. The molecule has 1 saturated heterocycles. The summed E-state index contributed by atoms with van der Waals surface area (Å²) >= 11 is 0. The molecule has 0 bridgehead atoms. The van der Waals surface area contributed by atoms with E-state index in [0.717, 1.165) is 26.1 Å². The number of carbonyl (C=O) groups excluding carboxylic acids is 1. The van der Waals surface area contributed by atoms with Crippen LogP contribution in [0, 0.1) is 5.92 Å². The first kappa shape index (κ1) is 18.0. The van der Waals surface area contributed by atoms with Crippen molar-refractivity contribution in [2.24, 2.45) is 11.7 Å². The van der Waals surface area contributed by atoms with E-state index in [0.29, 0.717) is 29.9 Å². The van der Waals surface area contributed by atoms with Crippen LogP contribution in [0.1, 0.15) is 30.6 Å². The van der Waals surface area contributed by atoms with Crippen molar-refractivity contribution < 1.29 is 9.53 Å². The lowest BCUT2D eigenvalue weighted by Gasteiger charge is -2.34. The van der Waals surface area contributed by atoms with E-state index < -0.39 is 0 Å². The molecular formula is C16H25ClN2O2. The van der Waals surface area contributed by atoms with Crippen molar-refractivity contribution in [3.63, 3.8) is 0 Å². The fourth-order valence-electron chi connectivity index (χ4n) is 2.62. The van der Waals surface area contributed by atoms with Gasteiger partial charge in [-0.25, -0.2) is 0 Å². The number of ether oxygens (including phenoxy) is 1. The minimum absolute atomic E-state index is 0. The highest BCUT2D eigenvalue weighted by molar-refractivity contribution is 5.96. The first-order chi connectivity index (χ1) is 9.58. The fraction of sp³-hybridized carbons (Fsp3) is 0.562. The van der Waals surface area contributed by atoms with E-state index in [1.54, 1.807) is 13.0 Å². The van der Waals surface area contributed by atoms with Crippen LogP contribution in [0.25, 0.3) is 0 Å². The summed E-state index contributed by atoms with van der Waals surface area (Å²) in [5, 5.41) is 0. The maximum Gasteiger partial charge on any atom is 0.163 e. The molecular weight excluding hydrogens is 288 g/mol. The number of hydrogen-bond acceptors (Lipinski definition) is 4. The van der Waals surface area contributed by atoms with Crippen LogP contribution >= 0.6 is 12.4 Å². The standard InChI is InChI=1S/C16H24N2O2.ClH/c1-12-11-18(8-7-15(12)17)9-10-20-16-6-4-3-5-14(16)13(2)19;/h3-6,12,15H,7-11,17H2,1-2H3;1H. The van der Waals surface area contributed by atoms with Crippen molar-refractivity contribution in [2.75, 3.05) is 26.2 Å². The number of carbonyl (C=O) groups is 1. The number of para-hydroxylation sites is 1. The summed E-state index contributed by atoms with van der Waals surface area (Å²) in [5.74, 6) is 1.26. The Morgan fingerprint density at radius 1 is 1.43 bits per heavy atom. The summed E-state index contributed by atoms with van der Waals surface area (Å²) in [6.07, 6.45) is 1.05. The van der Waals surface area contributed by atoms with E-state index in [4.69, 9.17) is 10.5 Å². The van der Waals surface area contributed by atoms with Gasteiger partial charge < -0.3 is 10.5 Å². The van der Waals surface area contributed by atoms with Crippen LogP contribution in [-0.4, -0.2) is 43.0 Å². The van der Waals surface area contributed by atoms with E-state index >= 15 is 0 Å². The molecule has 1 heterocycles. The van der Waals surface area contributed by atoms with Crippen molar-refractivity contribution >= 4 is 18.2 Å². The third kappa shape index (κ3) is 4.99. The molecule has 4 nitrogen and oxygen atoms in total. The monoisotopic (exact) mass is 312 g/mol. The molecule has 1 aliphatic rings. The molecule has 0 aromatic heterocycles. The van der Waals surface area contributed by atoms with Crippen LogP contribution in [0.3, 0.4) is 0 Å². The van der Waals surface area contributed by atoms with Crippen LogP contribution in [-0.2, 0) is 0 Å². The number of rotatable bonds is 5. The normalized spacial score (nSPS) is 22.4. The Balaban J connectivity index is 0.00000220. The Morgan fingerprint density at radius 2 is 2.14 bits per heavy atom. The number of nitrogens with two attached hydrogens (primary N) is 1. The zero-order chi connectivity index (χ0) is 14.5. The Labute approximate surface area is 133 Å². The SMILES string of the molecule is CC(=O)c1ccccc1OCCN1CCC(N)C(C)C1.Cl. The van der Waals surface area contributed by atoms with Gasteiger partial charge in [-0.3, -0.25) is 9.69 Å². The molecule has 1 aromatic carbocycles. The summed E-state index contributed by atoms with van der Waals surface area (Å²) < 4.78 is 5.77. The zero-order valence-corrected chi connectivity index (χ0v) is 13.6. The van der Waals surface area contributed by atoms with Crippen LogP contribution in [0.2, 0.25) is 0 Å². The second-order valence-electron chi connectivity index (χ2n) is 5.63. The summed E-state index contributed by atoms with van der Waals surface area (Å²) in [6, 6.07) is 7.73. The Hall–Kier alpha value is -1.10. The van der Waals surface area contributed by atoms with Gasteiger partial charge in [0.15, 0.2) is 5.78 Å². The lowest BCUT2D eigenvalue weighted by atomic mass is 9.95. The Kier molecular flexibility index (Phi) is 7.15. The molecule has 1 aliphatic heterocycles. The van der Waals surface area contributed by atoms with E-state index in [1.807, 2.05) is 18.2 Å². The van der Waals surface area contributed by atoms with E-state index in [2.05, 4.69) is 11.8 Å². The van der Waals surface area contributed by atoms with Gasteiger partial charge in [-0.1, -0.05) is 19.1 Å². The summed E-state index contributed by atoms with van der Waals surface area (Å²) in [7, 11) is 0. The van der Waals surface area contributed by atoms with E-state index in [-0.39, 0.29) is 18.2 Å². The lowest BCUT2D eigenvalue weighted by Crippen LogP contribution is -2.46. The molecule has 0 spiro atoms. The maximum absolute atomic E-state index is 11.5. The molecule has 2 unspecified atom stereocenters. The second-order valence-corrected chi connectivity index (χ2v) is 5.63. The van der Waals surface area contributed by atoms with Crippen molar-refractivity contribution in [3.8, 4) is 5.75 Å². The molecule has 21 heavy (non-hydrogen) atoms. The zero-order valence-electron chi connectivity index (χ0n) is 12.7. The van der Waals surface area contributed by atoms with Crippen molar-refractivity contribution in [1.29, 1.82) is 0 Å². The summed E-state index contributed by atoms with van der Waals surface area (Å²) in [6.45, 7) is 7.30. The molecule has 2 atom stereocenters. The van der Waals surface area contributed by atoms with E-state index in [1.165, 1.54) is 0 Å². The highest BCUT2D eigenvalue weighted by Crippen LogP contribution is 2.19. The number of nitrogens with zero attached hydrogens (tertiary/aromatic N) is 1. The Morgan fingerprint density at radius 3 is 2.81 bits per heavy atom. The highest BCUT2D eigenvalue weighted by atomic mass is 35.5. The average Bonchev–Trinajstić information content (AvgIpc) is 2.43. The fourth-order valence-corrected chi connectivity index (χ4v) is 2.62. The van der Waals surface area contributed by atoms with Crippen LogP contribution in [0.5, 0.6) is 5.75 Å². The number of hydrogen-bond donors (Lipinski definition) is 1. The number of ketones is 1. The van der Waals surface area contributed by atoms with Gasteiger partial charge in [-0.15, -0.1) is 12.4 Å². The molecule has 0 aliphatic carbocycles. The van der Waals surface area contributed by atoms with Gasteiger partial charge in [0.25, 0.3) is 0 Å². The minimum Gasteiger partial charge on any atom is -0.491 e. The van der Waals surface area contributed by atoms with Gasteiger partial charge >= 0.3 is 0 Å². The molecule has 2 N–H and O–H groups in total. The highest BCUT2D eigenvalue weighted by Gasteiger charge is 2.22. The quantitative estimate of drug-likeness (QED) is 0.848. The molecule has 5 heteroatoms.